The van der Waals surface area contributed by atoms with Crippen LogP contribution < -0.4 is 10.1 Å². The first kappa shape index (κ1) is 16.9. The fourth-order valence-corrected chi connectivity index (χ4v) is 1.87. The van der Waals surface area contributed by atoms with Crippen LogP contribution in [-0.4, -0.2) is 23.7 Å². The minimum atomic E-state index is -0.684. The molecule has 1 amide bonds. The normalized spacial score (nSPS) is 11.8. The molecule has 0 fully saturated rings. The monoisotopic (exact) mass is 321 g/mol. The van der Waals surface area contributed by atoms with Gasteiger partial charge in [-0.25, -0.2) is 8.78 Å². The number of aliphatic hydroxyl groups excluding tert-OH is 1. The first-order valence-electron chi connectivity index (χ1n) is 7.09. The molecule has 6 heteroatoms. The zero-order chi connectivity index (χ0) is 16.8. The Hall–Kier alpha value is -2.47. The number of rotatable bonds is 6. The molecule has 1 atom stereocenters. The number of aliphatic hydroxyl groups is 1. The van der Waals surface area contributed by atoms with Crippen LogP contribution >= 0.6 is 0 Å². The molecule has 23 heavy (non-hydrogen) atoms. The topological polar surface area (TPSA) is 58.6 Å². The van der Waals surface area contributed by atoms with Gasteiger partial charge in [-0.2, -0.15) is 0 Å². The standard InChI is InChI=1S/C17H17F2NO3/c1-11(21)9-20-17(22)12-3-2-4-15(7-12)23-10-13-5-6-14(18)8-16(13)19/h2-8,11,21H,9-10H2,1H3,(H,20,22). The van der Waals surface area contributed by atoms with E-state index in [1.807, 2.05) is 0 Å². The van der Waals surface area contributed by atoms with Gasteiger partial charge >= 0.3 is 0 Å². The van der Waals surface area contributed by atoms with Gasteiger partial charge in [0, 0.05) is 23.7 Å². The molecule has 4 nitrogen and oxygen atoms in total. The second kappa shape index (κ2) is 7.69. The Morgan fingerprint density at radius 1 is 1.26 bits per heavy atom. The zero-order valence-electron chi connectivity index (χ0n) is 12.6. The van der Waals surface area contributed by atoms with Crippen LogP contribution in [0.25, 0.3) is 0 Å². The molecule has 0 saturated heterocycles. The van der Waals surface area contributed by atoms with Gasteiger partial charge in [0.15, 0.2) is 0 Å². The van der Waals surface area contributed by atoms with E-state index in [2.05, 4.69) is 5.32 Å². The lowest BCUT2D eigenvalue weighted by molar-refractivity contribution is 0.0923. The minimum absolute atomic E-state index is 0.0785. The van der Waals surface area contributed by atoms with E-state index >= 15 is 0 Å². The summed E-state index contributed by atoms with van der Waals surface area (Å²) in [6.07, 6.45) is -0.639. The molecule has 0 aliphatic rings. The Bertz CT molecular complexity index is 689. The molecule has 0 radical (unpaired) electrons. The summed E-state index contributed by atoms with van der Waals surface area (Å²) in [6, 6.07) is 9.63. The summed E-state index contributed by atoms with van der Waals surface area (Å²) in [6.45, 7) is 1.63. The summed E-state index contributed by atoms with van der Waals surface area (Å²) >= 11 is 0. The Kier molecular flexibility index (Phi) is 5.65. The van der Waals surface area contributed by atoms with Crippen LogP contribution in [0.15, 0.2) is 42.5 Å². The number of carbonyl (C=O) groups excluding carboxylic acids is 1. The number of halogens is 2. The van der Waals surface area contributed by atoms with E-state index in [0.717, 1.165) is 12.1 Å². The maximum Gasteiger partial charge on any atom is 0.251 e. The summed E-state index contributed by atoms with van der Waals surface area (Å²) < 4.78 is 31.8. The molecule has 1 unspecified atom stereocenters. The molecule has 0 aliphatic carbocycles. The molecule has 2 N–H and O–H groups in total. The Morgan fingerprint density at radius 2 is 2.04 bits per heavy atom. The van der Waals surface area contributed by atoms with Crippen LogP contribution in [0.3, 0.4) is 0 Å². The third kappa shape index (κ3) is 5.03. The summed E-state index contributed by atoms with van der Waals surface area (Å²) in [5.41, 5.74) is 0.582. The Balaban J connectivity index is 2.01. The maximum atomic E-state index is 13.5. The van der Waals surface area contributed by atoms with E-state index in [0.29, 0.717) is 11.3 Å². The second-order valence-corrected chi connectivity index (χ2v) is 5.11. The molecule has 0 bridgehead atoms. The van der Waals surface area contributed by atoms with Crippen molar-refractivity contribution in [2.75, 3.05) is 6.54 Å². The minimum Gasteiger partial charge on any atom is -0.489 e. The van der Waals surface area contributed by atoms with Crippen molar-refractivity contribution in [2.24, 2.45) is 0 Å². The van der Waals surface area contributed by atoms with Gasteiger partial charge in [-0.05, 0) is 37.3 Å². The smallest absolute Gasteiger partial charge is 0.251 e. The molecule has 2 rings (SSSR count). The van der Waals surface area contributed by atoms with Crippen molar-refractivity contribution in [3.05, 3.63) is 65.2 Å². The molecule has 0 heterocycles. The first-order valence-corrected chi connectivity index (χ1v) is 7.09. The number of hydrogen-bond acceptors (Lipinski definition) is 3. The van der Waals surface area contributed by atoms with E-state index in [1.165, 1.54) is 12.1 Å². The van der Waals surface area contributed by atoms with Gasteiger partial charge < -0.3 is 15.2 Å². The highest BCUT2D eigenvalue weighted by Crippen LogP contribution is 2.17. The van der Waals surface area contributed by atoms with Gasteiger partial charge in [-0.3, -0.25) is 4.79 Å². The molecule has 0 aliphatic heterocycles. The third-order valence-electron chi connectivity index (χ3n) is 3.06. The molecular formula is C17H17F2NO3. The summed E-state index contributed by atoms with van der Waals surface area (Å²) in [5, 5.41) is 11.7. The van der Waals surface area contributed by atoms with Crippen LogP contribution in [0, 0.1) is 11.6 Å². The highest BCUT2D eigenvalue weighted by molar-refractivity contribution is 5.94. The molecule has 2 aromatic rings. The number of benzene rings is 2. The lowest BCUT2D eigenvalue weighted by Gasteiger charge is -2.10. The van der Waals surface area contributed by atoms with Gasteiger partial charge in [0.25, 0.3) is 5.91 Å². The third-order valence-corrected chi connectivity index (χ3v) is 3.06. The quantitative estimate of drug-likeness (QED) is 0.860. The largest absolute Gasteiger partial charge is 0.489 e. The predicted octanol–water partition coefficient (Wildman–Crippen LogP) is 2.65. The average molecular weight is 321 g/mol. The number of hydrogen-bond donors (Lipinski definition) is 2. The van der Waals surface area contributed by atoms with Gasteiger partial charge in [0.1, 0.15) is 24.0 Å². The van der Waals surface area contributed by atoms with Crippen molar-refractivity contribution in [3.63, 3.8) is 0 Å². The highest BCUT2D eigenvalue weighted by atomic mass is 19.1. The molecule has 0 aromatic heterocycles. The average Bonchev–Trinajstić information content (AvgIpc) is 2.52. The van der Waals surface area contributed by atoms with Crippen LogP contribution in [-0.2, 0) is 6.61 Å². The fourth-order valence-electron chi connectivity index (χ4n) is 1.87. The Labute approximate surface area is 132 Å². The van der Waals surface area contributed by atoms with Crippen molar-refractivity contribution < 1.29 is 23.4 Å². The highest BCUT2D eigenvalue weighted by Gasteiger charge is 2.09. The van der Waals surface area contributed by atoms with Gasteiger partial charge in [-0.1, -0.05) is 6.07 Å². The van der Waals surface area contributed by atoms with Crippen LogP contribution in [0.1, 0.15) is 22.8 Å². The lowest BCUT2D eigenvalue weighted by atomic mass is 10.2. The zero-order valence-corrected chi connectivity index (χ0v) is 12.6. The van der Waals surface area contributed by atoms with Gasteiger partial charge in [0.05, 0.1) is 6.10 Å². The number of amides is 1. The lowest BCUT2D eigenvalue weighted by Crippen LogP contribution is -2.30. The predicted molar refractivity (Wildman–Crippen MR) is 81.1 cm³/mol. The molecule has 0 spiro atoms. The van der Waals surface area contributed by atoms with E-state index in [-0.39, 0.29) is 24.6 Å². The van der Waals surface area contributed by atoms with Crippen molar-refractivity contribution in [3.8, 4) is 5.75 Å². The number of ether oxygens (including phenoxy) is 1. The van der Waals surface area contributed by atoms with Crippen LogP contribution in [0.5, 0.6) is 5.75 Å². The van der Waals surface area contributed by atoms with E-state index in [4.69, 9.17) is 9.84 Å². The number of carbonyl (C=O) groups is 1. The van der Waals surface area contributed by atoms with Crippen molar-refractivity contribution >= 4 is 5.91 Å². The maximum absolute atomic E-state index is 13.5. The molecule has 122 valence electrons. The van der Waals surface area contributed by atoms with Crippen LogP contribution in [0.2, 0.25) is 0 Å². The van der Waals surface area contributed by atoms with Crippen molar-refractivity contribution in [2.45, 2.75) is 19.6 Å². The van der Waals surface area contributed by atoms with Gasteiger partial charge in [-0.15, -0.1) is 0 Å². The molecule has 2 aromatic carbocycles. The SMILES string of the molecule is CC(O)CNC(=O)c1cccc(OCc2ccc(F)cc2F)c1. The van der Waals surface area contributed by atoms with E-state index in [1.54, 1.807) is 25.1 Å². The van der Waals surface area contributed by atoms with Crippen molar-refractivity contribution in [1.29, 1.82) is 0 Å². The number of nitrogens with one attached hydrogen (secondary N) is 1. The summed E-state index contributed by atoms with van der Waals surface area (Å²) in [5.74, 6) is -1.29. The van der Waals surface area contributed by atoms with Gasteiger partial charge in [0.2, 0.25) is 0 Å². The Morgan fingerprint density at radius 3 is 2.74 bits per heavy atom. The summed E-state index contributed by atoms with van der Waals surface area (Å²) in [7, 11) is 0. The van der Waals surface area contributed by atoms with Crippen LogP contribution in [0.4, 0.5) is 8.78 Å². The summed E-state index contributed by atoms with van der Waals surface area (Å²) in [4.78, 5) is 11.9. The fraction of sp³-hybridized carbons (Fsp3) is 0.235. The molecular weight excluding hydrogens is 304 g/mol. The van der Waals surface area contributed by atoms with Crippen molar-refractivity contribution in [1.82, 2.24) is 5.32 Å². The molecule has 0 saturated carbocycles. The van der Waals surface area contributed by atoms with E-state index in [9.17, 15) is 13.6 Å². The van der Waals surface area contributed by atoms with E-state index < -0.39 is 17.7 Å². The second-order valence-electron chi connectivity index (χ2n) is 5.11. The first-order chi connectivity index (χ1) is 11.0.